The summed E-state index contributed by atoms with van der Waals surface area (Å²) in [5.74, 6) is 0.0197. The van der Waals surface area contributed by atoms with E-state index in [1.807, 2.05) is 0 Å². The van der Waals surface area contributed by atoms with Gasteiger partial charge in [-0.05, 0) is 31.4 Å². The molecule has 2 rings (SSSR count). The number of sulfonamides is 1. The van der Waals surface area contributed by atoms with Crippen LogP contribution in [0, 0.1) is 0 Å². The standard InChI is InChI=1S/C11H17N3O3S/c1-17-9-5-4-8(7-9)14-18(15,16)10-3-2-6-13-11(10)12/h2-3,6,8-9,14H,4-5,7H2,1H3,(H2,12,13). The Balaban J connectivity index is 2.11. The molecule has 100 valence electrons. The predicted molar refractivity (Wildman–Crippen MR) is 67.4 cm³/mol. The number of nitrogens with two attached hydrogens (primary N) is 1. The minimum Gasteiger partial charge on any atom is -0.383 e. The first kappa shape index (κ1) is 13.3. The number of ether oxygens (including phenoxy) is 1. The predicted octanol–water partition coefficient (Wildman–Crippen LogP) is 0.510. The Hall–Kier alpha value is -1.18. The zero-order chi connectivity index (χ0) is 13.2. The second-order valence-corrected chi connectivity index (χ2v) is 6.06. The minimum atomic E-state index is -3.60. The Kier molecular flexibility index (Phi) is 3.84. The number of nitrogens with zero attached hydrogens (tertiary/aromatic N) is 1. The number of hydrogen-bond donors (Lipinski definition) is 2. The van der Waals surface area contributed by atoms with Crippen molar-refractivity contribution in [2.45, 2.75) is 36.3 Å². The number of aromatic nitrogens is 1. The Morgan fingerprint density at radius 1 is 1.50 bits per heavy atom. The first-order chi connectivity index (χ1) is 8.53. The van der Waals surface area contributed by atoms with Gasteiger partial charge in [0.05, 0.1) is 6.10 Å². The Morgan fingerprint density at radius 2 is 2.28 bits per heavy atom. The summed E-state index contributed by atoms with van der Waals surface area (Å²) in [6, 6.07) is 2.91. The highest BCUT2D eigenvalue weighted by atomic mass is 32.2. The molecule has 0 aliphatic heterocycles. The maximum Gasteiger partial charge on any atom is 0.244 e. The van der Waals surface area contributed by atoms with Gasteiger partial charge in [-0.25, -0.2) is 18.1 Å². The van der Waals surface area contributed by atoms with Crippen LogP contribution in [0.15, 0.2) is 23.2 Å². The highest BCUT2D eigenvalue weighted by Crippen LogP contribution is 2.24. The van der Waals surface area contributed by atoms with Crippen molar-refractivity contribution in [2.24, 2.45) is 0 Å². The quantitative estimate of drug-likeness (QED) is 0.832. The van der Waals surface area contributed by atoms with Crippen LogP contribution >= 0.6 is 0 Å². The molecule has 1 saturated carbocycles. The van der Waals surface area contributed by atoms with Gasteiger partial charge in [0.1, 0.15) is 10.7 Å². The van der Waals surface area contributed by atoms with Crippen LogP contribution < -0.4 is 10.5 Å². The number of nitrogen functional groups attached to an aromatic ring is 1. The Morgan fingerprint density at radius 3 is 2.89 bits per heavy atom. The number of nitrogens with one attached hydrogen (secondary N) is 1. The van der Waals surface area contributed by atoms with E-state index in [4.69, 9.17) is 10.5 Å². The van der Waals surface area contributed by atoms with E-state index < -0.39 is 10.0 Å². The van der Waals surface area contributed by atoms with E-state index in [1.165, 1.54) is 12.3 Å². The summed E-state index contributed by atoms with van der Waals surface area (Å²) in [5, 5.41) is 0. The van der Waals surface area contributed by atoms with Crippen LogP contribution in [0.25, 0.3) is 0 Å². The maximum atomic E-state index is 12.1. The summed E-state index contributed by atoms with van der Waals surface area (Å²) in [5.41, 5.74) is 5.58. The number of hydrogen-bond acceptors (Lipinski definition) is 5. The molecule has 0 saturated heterocycles. The van der Waals surface area contributed by atoms with Gasteiger partial charge in [0.25, 0.3) is 0 Å². The van der Waals surface area contributed by atoms with Crippen LogP contribution in [0.4, 0.5) is 5.82 Å². The highest BCUT2D eigenvalue weighted by Gasteiger charge is 2.29. The van der Waals surface area contributed by atoms with E-state index in [0.29, 0.717) is 6.42 Å². The molecule has 0 radical (unpaired) electrons. The second kappa shape index (κ2) is 5.21. The largest absolute Gasteiger partial charge is 0.383 e. The van der Waals surface area contributed by atoms with Gasteiger partial charge < -0.3 is 10.5 Å². The third-order valence-corrected chi connectivity index (χ3v) is 4.70. The van der Waals surface area contributed by atoms with Crippen molar-refractivity contribution in [3.05, 3.63) is 18.3 Å². The molecule has 1 fully saturated rings. The van der Waals surface area contributed by atoms with E-state index in [-0.39, 0.29) is 22.9 Å². The van der Waals surface area contributed by atoms with Gasteiger partial charge in [-0.3, -0.25) is 0 Å². The normalized spacial score (nSPS) is 24.3. The van der Waals surface area contributed by atoms with Crippen molar-refractivity contribution < 1.29 is 13.2 Å². The van der Waals surface area contributed by atoms with Crippen molar-refractivity contribution >= 4 is 15.8 Å². The average Bonchev–Trinajstić information content (AvgIpc) is 2.76. The third-order valence-electron chi connectivity index (χ3n) is 3.13. The molecule has 0 aromatic carbocycles. The lowest BCUT2D eigenvalue weighted by atomic mass is 10.3. The van der Waals surface area contributed by atoms with E-state index in [2.05, 4.69) is 9.71 Å². The van der Waals surface area contributed by atoms with Crippen LogP contribution in [0.3, 0.4) is 0 Å². The van der Waals surface area contributed by atoms with Crippen molar-refractivity contribution in [2.75, 3.05) is 12.8 Å². The van der Waals surface area contributed by atoms with Crippen LogP contribution in [0.1, 0.15) is 19.3 Å². The SMILES string of the molecule is COC1CCC(NS(=O)(=O)c2cccnc2N)C1. The number of rotatable bonds is 4. The molecule has 1 heterocycles. The monoisotopic (exact) mass is 271 g/mol. The minimum absolute atomic E-state index is 0.0197. The molecular formula is C11H17N3O3S. The smallest absolute Gasteiger partial charge is 0.244 e. The van der Waals surface area contributed by atoms with Crippen LogP contribution in [0.5, 0.6) is 0 Å². The maximum absolute atomic E-state index is 12.1. The van der Waals surface area contributed by atoms with Gasteiger partial charge in [0, 0.05) is 19.3 Å². The van der Waals surface area contributed by atoms with E-state index in [9.17, 15) is 8.42 Å². The van der Waals surface area contributed by atoms with Gasteiger partial charge in [0.2, 0.25) is 10.0 Å². The van der Waals surface area contributed by atoms with Gasteiger partial charge in [-0.15, -0.1) is 0 Å². The first-order valence-electron chi connectivity index (χ1n) is 5.78. The molecule has 6 nitrogen and oxygen atoms in total. The van der Waals surface area contributed by atoms with Crippen molar-refractivity contribution in [1.82, 2.24) is 9.71 Å². The van der Waals surface area contributed by atoms with Gasteiger partial charge in [-0.2, -0.15) is 0 Å². The average molecular weight is 271 g/mol. The molecule has 1 aliphatic rings. The van der Waals surface area contributed by atoms with Crippen molar-refractivity contribution in [1.29, 1.82) is 0 Å². The zero-order valence-corrected chi connectivity index (χ0v) is 11.0. The summed E-state index contributed by atoms with van der Waals surface area (Å²) in [4.78, 5) is 3.82. The fourth-order valence-electron chi connectivity index (χ4n) is 2.17. The summed E-state index contributed by atoms with van der Waals surface area (Å²) < 4.78 is 32.1. The molecule has 18 heavy (non-hydrogen) atoms. The lowest BCUT2D eigenvalue weighted by Gasteiger charge is -2.14. The van der Waals surface area contributed by atoms with E-state index >= 15 is 0 Å². The van der Waals surface area contributed by atoms with E-state index in [1.54, 1.807) is 13.2 Å². The van der Waals surface area contributed by atoms with Gasteiger partial charge in [0.15, 0.2) is 0 Å². The number of pyridine rings is 1. The van der Waals surface area contributed by atoms with Crippen molar-refractivity contribution in [3.8, 4) is 0 Å². The summed E-state index contributed by atoms with van der Waals surface area (Å²) in [6.07, 6.45) is 3.93. The first-order valence-corrected chi connectivity index (χ1v) is 7.27. The Labute approximate surface area is 107 Å². The highest BCUT2D eigenvalue weighted by molar-refractivity contribution is 7.89. The lowest BCUT2D eigenvalue weighted by Crippen LogP contribution is -2.34. The molecular weight excluding hydrogens is 254 g/mol. The number of methoxy groups -OCH3 is 1. The summed E-state index contributed by atoms with van der Waals surface area (Å²) in [6.45, 7) is 0. The molecule has 3 N–H and O–H groups in total. The number of anilines is 1. The molecule has 7 heteroatoms. The zero-order valence-electron chi connectivity index (χ0n) is 10.2. The second-order valence-electron chi connectivity index (χ2n) is 4.38. The summed E-state index contributed by atoms with van der Waals surface area (Å²) in [7, 11) is -1.96. The molecule has 2 unspecified atom stereocenters. The van der Waals surface area contributed by atoms with Gasteiger partial charge in [-0.1, -0.05) is 0 Å². The fourth-order valence-corrected chi connectivity index (χ4v) is 3.54. The topological polar surface area (TPSA) is 94.3 Å². The molecule has 0 bridgehead atoms. The molecule has 1 aliphatic carbocycles. The molecule has 2 atom stereocenters. The Bertz CT molecular complexity index is 518. The summed E-state index contributed by atoms with van der Waals surface area (Å²) >= 11 is 0. The third kappa shape index (κ3) is 2.80. The lowest BCUT2D eigenvalue weighted by molar-refractivity contribution is 0.107. The van der Waals surface area contributed by atoms with Gasteiger partial charge >= 0.3 is 0 Å². The molecule has 0 spiro atoms. The van der Waals surface area contributed by atoms with Crippen LogP contribution in [-0.4, -0.2) is 32.7 Å². The van der Waals surface area contributed by atoms with Crippen molar-refractivity contribution in [3.63, 3.8) is 0 Å². The van der Waals surface area contributed by atoms with Crippen LogP contribution in [0.2, 0.25) is 0 Å². The van der Waals surface area contributed by atoms with E-state index in [0.717, 1.165) is 12.8 Å². The van der Waals surface area contributed by atoms with Crippen LogP contribution in [-0.2, 0) is 14.8 Å². The fraction of sp³-hybridized carbons (Fsp3) is 0.545. The molecule has 0 amide bonds. The molecule has 1 aromatic heterocycles. The molecule has 1 aromatic rings.